The van der Waals surface area contributed by atoms with Crippen LogP contribution in [0.1, 0.15) is 6.92 Å². The van der Waals surface area contributed by atoms with Gasteiger partial charge in [-0.05, 0) is 30.2 Å². The summed E-state index contributed by atoms with van der Waals surface area (Å²) in [5, 5.41) is 3.88. The first-order valence-electron chi connectivity index (χ1n) is 5.26. The Morgan fingerprint density at radius 3 is 3.11 bits per heavy atom. The number of nitrogens with one attached hydrogen (secondary N) is 2. The molecule has 0 spiro atoms. The third-order valence-corrected chi connectivity index (χ3v) is 3.82. The molecule has 0 atom stereocenters. The highest BCUT2D eigenvalue weighted by atomic mass is 32.2. The monoisotopic (exact) mass is 279 g/mol. The van der Waals surface area contributed by atoms with Crippen molar-refractivity contribution in [2.45, 2.75) is 16.3 Å². The summed E-state index contributed by atoms with van der Waals surface area (Å²) >= 11 is 2.79. The first kappa shape index (κ1) is 11.4. The average Bonchev–Trinajstić information content (AvgIpc) is 2.99. The van der Waals surface area contributed by atoms with Gasteiger partial charge in [0.25, 0.3) is 0 Å². The summed E-state index contributed by atoms with van der Waals surface area (Å²) in [6.45, 7) is 2.76. The van der Waals surface area contributed by atoms with Gasteiger partial charge in [-0.2, -0.15) is 9.36 Å². The molecule has 0 radical (unpaired) electrons. The van der Waals surface area contributed by atoms with Gasteiger partial charge in [0.2, 0.25) is 5.95 Å². The van der Waals surface area contributed by atoms with Crippen molar-refractivity contribution in [3.8, 4) is 0 Å². The summed E-state index contributed by atoms with van der Waals surface area (Å²) in [5.74, 6) is 0.573. The number of imidazole rings is 1. The second-order valence-corrected chi connectivity index (χ2v) is 5.31. The molecular weight excluding hydrogens is 270 g/mol. The minimum absolute atomic E-state index is 0.573. The van der Waals surface area contributed by atoms with Crippen molar-refractivity contribution in [3.05, 3.63) is 12.7 Å². The smallest absolute Gasteiger partial charge is 0.225 e. The highest BCUT2D eigenvalue weighted by Crippen LogP contribution is 2.31. The van der Waals surface area contributed by atoms with Gasteiger partial charge >= 0.3 is 0 Å². The minimum Gasteiger partial charge on any atom is -0.354 e. The zero-order chi connectivity index (χ0) is 12.4. The van der Waals surface area contributed by atoms with Gasteiger partial charge in [0.1, 0.15) is 16.9 Å². The molecule has 0 aliphatic carbocycles. The van der Waals surface area contributed by atoms with Gasteiger partial charge in [-0.25, -0.2) is 15.0 Å². The van der Waals surface area contributed by atoms with Crippen LogP contribution in [0.25, 0.3) is 11.2 Å². The lowest BCUT2D eigenvalue weighted by Gasteiger charge is -2.03. The Balaban J connectivity index is 2.04. The number of H-pyrrole nitrogens is 1. The molecule has 18 heavy (non-hydrogen) atoms. The van der Waals surface area contributed by atoms with Crippen LogP contribution in [0.2, 0.25) is 0 Å². The van der Waals surface area contributed by atoms with Gasteiger partial charge in [-0.15, -0.1) is 0 Å². The normalized spacial score (nSPS) is 10.9. The SMILES string of the molecule is CCNc1nc(Sc2ncns2)c2[nH]cnc2n1. The Bertz CT molecular complexity index is 648. The Morgan fingerprint density at radius 1 is 1.39 bits per heavy atom. The molecule has 7 nitrogen and oxygen atoms in total. The van der Waals surface area contributed by atoms with E-state index in [2.05, 4.69) is 34.6 Å². The van der Waals surface area contributed by atoms with E-state index in [4.69, 9.17) is 0 Å². The van der Waals surface area contributed by atoms with E-state index in [1.807, 2.05) is 6.92 Å². The zero-order valence-corrected chi connectivity index (χ0v) is 11.0. The van der Waals surface area contributed by atoms with Crippen molar-refractivity contribution in [1.82, 2.24) is 29.3 Å². The molecule has 92 valence electrons. The third kappa shape index (κ3) is 2.14. The Morgan fingerprint density at radius 2 is 2.33 bits per heavy atom. The molecular formula is C9H9N7S2. The largest absolute Gasteiger partial charge is 0.354 e. The minimum atomic E-state index is 0.573. The van der Waals surface area contributed by atoms with Crippen LogP contribution >= 0.6 is 23.3 Å². The predicted molar refractivity (Wildman–Crippen MR) is 69.9 cm³/mol. The number of hydrogen-bond donors (Lipinski definition) is 2. The fraction of sp³-hybridized carbons (Fsp3) is 0.222. The van der Waals surface area contributed by atoms with Crippen LogP contribution in [0.3, 0.4) is 0 Å². The summed E-state index contributed by atoms with van der Waals surface area (Å²) in [7, 11) is 0. The molecule has 3 aromatic rings. The second kappa shape index (κ2) is 4.86. The van der Waals surface area contributed by atoms with Gasteiger partial charge in [0.15, 0.2) is 9.99 Å². The topological polar surface area (TPSA) is 92.3 Å². The average molecular weight is 279 g/mol. The summed E-state index contributed by atoms with van der Waals surface area (Å²) in [5.41, 5.74) is 1.46. The predicted octanol–water partition coefficient (Wildman–Crippen LogP) is 1.79. The molecule has 0 fully saturated rings. The molecule has 0 aromatic carbocycles. The number of aromatic amines is 1. The van der Waals surface area contributed by atoms with Gasteiger partial charge < -0.3 is 10.3 Å². The fourth-order valence-corrected chi connectivity index (χ4v) is 2.85. The first-order valence-corrected chi connectivity index (χ1v) is 6.85. The van der Waals surface area contributed by atoms with E-state index in [0.717, 1.165) is 21.4 Å². The van der Waals surface area contributed by atoms with Gasteiger partial charge in [-0.1, -0.05) is 0 Å². The van der Waals surface area contributed by atoms with Crippen molar-refractivity contribution in [1.29, 1.82) is 0 Å². The second-order valence-electron chi connectivity index (χ2n) is 3.29. The lowest BCUT2D eigenvalue weighted by Crippen LogP contribution is -2.03. The lowest BCUT2D eigenvalue weighted by molar-refractivity contribution is 1.04. The van der Waals surface area contributed by atoms with E-state index in [0.29, 0.717) is 11.6 Å². The van der Waals surface area contributed by atoms with Crippen LogP contribution < -0.4 is 5.32 Å². The van der Waals surface area contributed by atoms with Crippen LogP contribution in [-0.2, 0) is 0 Å². The molecule has 0 saturated carbocycles. The molecule has 0 aliphatic heterocycles. The molecule has 0 amide bonds. The zero-order valence-electron chi connectivity index (χ0n) is 9.41. The maximum Gasteiger partial charge on any atom is 0.225 e. The number of fused-ring (bicyclic) bond motifs is 1. The van der Waals surface area contributed by atoms with E-state index in [9.17, 15) is 0 Å². The Labute approximate surface area is 111 Å². The molecule has 0 saturated heterocycles. The highest BCUT2D eigenvalue weighted by molar-refractivity contribution is 8.01. The number of anilines is 1. The Hall–Kier alpha value is -1.74. The summed E-state index contributed by atoms with van der Waals surface area (Å²) in [6, 6.07) is 0. The molecule has 3 heterocycles. The highest BCUT2D eigenvalue weighted by Gasteiger charge is 2.12. The lowest BCUT2D eigenvalue weighted by atomic mass is 10.5. The van der Waals surface area contributed by atoms with Gasteiger partial charge in [-0.3, -0.25) is 0 Å². The summed E-state index contributed by atoms with van der Waals surface area (Å²) in [6.07, 6.45) is 3.14. The molecule has 0 bridgehead atoms. The fourth-order valence-electron chi connectivity index (χ4n) is 1.41. The van der Waals surface area contributed by atoms with Crippen LogP contribution in [0, 0.1) is 0 Å². The van der Waals surface area contributed by atoms with E-state index < -0.39 is 0 Å². The van der Waals surface area contributed by atoms with Crippen molar-refractivity contribution < 1.29 is 0 Å². The quantitative estimate of drug-likeness (QED) is 0.703. The van der Waals surface area contributed by atoms with E-state index in [-0.39, 0.29) is 0 Å². The van der Waals surface area contributed by atoms with Crippen molar-refractivity contribution >= 4 is 40.4 Å². The number of aromatic nitrogens is 6. The first-order chi connectivity index (χ1) is 8.86. The molecule has 9 heteroatoms. The van der Waals surface area contributed by atoms with E-state index >= 15 is 0 Å². The number of hydrogen-bond acceptors (Lipinski definition) is 8. The van der Waals surface area contributed by atoms with E-state index in [1.54, 1.807) is 6.33 Å². The number of rotatable bonds is 4. The molecule has 2 N–H and O–H groups in total. The standard InChI is InChI=1S/C9H9N7S2/c1-2-10-8-15-6-5(11-3-12-6)7(16-8)17-9-13-4-14-18-9/h3-4H,2H2,1H3,(H2,10,11,12,15,16). The van der Waals surface area contributed by atoms with Crippen molar-refractivity contribution in [3.63, 3.8) is 0 Å². The van der Waals surface area contributed by atoms with Gasteiger partial charge in [0, 0.05) is 6.54 Å². The summed E-state index contributed by atoms with van der Waals surface area (Å²) in [4.78, 5) is 20.1. The van der Waals surface area contributed by atoms with Gasteiger partial charge in [0.05, 0.1) is 6.33 Å². The number of nitrogens with zero attached hydrogens (tertiary/aromatic N) is 5. The maximum atomic E-state index is 4.45. The van der Waals surface area contributed by atoms with Crippen molar-refractivity contribution in [2.75, 3.05) is 11.9 Å². The van der Waals surface area contributed by atoms with Crippen LogP contribution in [0.15, 0.2) is 22.0 Å². The summed E-state index contributed by atoms with van der Waals surface area (Å²) < 4.78 is 4.81. The van der Waals surface area contributed by atoms with Crippen LogP contribution in [0.5, 0.6) is 0 Å². The molecule has 0 unspecified atom stereocenters. The van der Waals surface area contributed by atoms with E-state index in [1.165, 1.54) is 29.6 Å². The van der Waals surface area contributed by atoms with Crippen LogP contribution in [-0.4, -0.2) is 35.8 Å². The third-order valence-electron chi connectivity index (χ3n) is 2.11. The molecule has 3 rings (SSSR count). The van der Waals surface area contributed by atoms with Crippen LogP contribution in [0.4, 0.5) is 5.95 Å². The maximum absolute atomic E-state index is 4.45. The molecule has 0 aliphatic rings. The van der Waals surface area contributed by atoms with Crippen molar-refractivity contribution in [2.24, 2.45) is 0 Å². The Kier molecular flexibility index (Phi) is 3.07. The molecule has 3 aromatic heterocycles.